The van der Waals surface area contributed by atoms with Gasteiger partial charge in [-0.05, 0) is 6.07 Å². The number of rotatable bonds is 2. The molecule has 0 fully saturated rings. The zero-order valence-electron chi connectivity index (χ0n) is 8.43. The lowest BCUT2D eigenvalue weighted by Crippen LogP contribution is -2.27. The predicted octanol–water partition coefficient (Wildman–Crippen LogP) is -0.895. The van der Waals surface area contributed by atoms with Gasteiger partial charge in [0.1, 0.15) is 5.69 Å². The molecule has 0 aliphatic rings. The van der Waals surface area contributed by atoms with Crippen molar-refractivity contribution in [1.82, 2.24) is 19.9 Å². The van der Waals surface area contributed by atoms with Gasteiger partial charge in [-0.2, -0.15) is 0 Å². The Bertz CT molecular complexity index is 617. The fourth-order valence-electron chi connectivity index (χ4n) is 1.12. The van der Waals surface area contributed by atoms with Crippen molar-refractivity contribution in [1.29, 1.82) is 0 Å². The van der Waals surface area contributed by atoms with E-state index in [0.29, 0.717) is 0 Å². The molecule has 2 aromatic heterocycles. The molecule has 0 saturated carbocycles. The average molecular weight is 233 g/mol. The molecular weight excluding hydrogens is 226 g/mol. The lowest BCUT2D eigenvalue weighted by Gasteiger charge is -2.01. The molecule has 2 rings (SSSR count). The number of anilines is 1. The van der Waals surface area contributed by atoms with Crippen molar-refractivity contribution in [2.24, 2.45) is 0 Å². The molecule has 2 aromatic rings. The molecule has 8 nitrogen and oxygen atoms in total. The summed E-state index contributed by atoms with van der Waals surface area (Å²) in [4.78, 5) is 45.2. The third kappa shape index (κ3) is 2.62. The van der Waals surface area contributed by atoms with Gasteiger partial charge in [0.25, 0.3) is 11.5 Å². The fourth-order valence-corrected chi connectivity index (χ4v) is 1.12. The van der Waals surface area contributed by atoms with Crippen LogP contribution in [0.2, 0.25) is 0 Å². The van der Waals surface area contributed by atoms with Crippen LogP contribution in [0.25, 0.3) is 0 Å². The maximum atomic E-state index is 11.6. The summed E-state index contributed by atoms with van der Waals surface area (Å²) in [6.07, 6.45) is 2.90. The van der Waals surface area contributed by atoms with Gasteiger partial charge < -0.3 is 4.98 Å². The molecule has 0 aromatic carbocycles. The largest absolute Gasteiger partial charge is 0.326 e. The molecule has 0 aliphatic carbocycles. The van der Waals surface area contributed by atoms with E-state index in [9.17, 15) is 14.4 Å². The number of aromatic amines is 2. The van der Waals surface area contributed by atoms with Gasteiger partial charge in [-0.15, -0.1) is 0 Å². The second-order valence-electron chi connectivity index (χ2n) is 3.03. The van der Waals surface area contributed by atoms with E-state index in [1.54, 1.807) is 6.07 Å². The lowest BCUT2D eigenvalue weighted by atomic mass is 10.4. The highest BCUT2D eigenvalue weighted by atomic mass is 16.2. The zero-order valence-corrected chi connectivity index (χ0v) is 8.43. The standard InChI is InChI=1S/C9H7N5O3/c15-6-4-5(12-9(17)13-6)7(16)14-8-10-2-1-3-11-8/h1-4H,(H,10,11,14,16)(H2,12,13,15,17). The average Bonchev–Trinajstić information content (AvgIpc) is 2.29. The number of nitrogens with zero attached hydrogens (tertiary/aromatic N) is 2. The van der Waals surface area contributed by atoms with Crippen molar-refractivity contribution < 1.29 is 4.79 Å². The first-order chi connectivity index (χ1) is 8.15. The maximum absolute atomic E-state index is 11.6. The minimum atomic E-state index is -0.753. The van der Waals surface area contributed by atoms with Crippen molar-refractivity contribution in [2.75, 3.05) is 5.32 Å². The van der Waals surface area contributed by atoms with Gasteiger partial charge in [-0.3, -0.25) is 19.9 Å². The summed E-state index contributed by atoms with van der Waals surface area (Å²) in [5.74, 6) is -0.585. The number of amides is 1. The molecule has 2 heterocycles. The molecule has 0 spiro atoms. The van der Waals surface area contributed by atoms with Crippen molar-refractivity contribution in [3.63, 3.8) is 0 Å². The molecule has 86 valence electrons. The minimum absolute atomic E-state index is 0.0821. The van der Waals surface area contributed by atoms with Gasteiger partial charge >= 0.3 is 5.69 Å². The summed E-state index contributed by atoms with van der Waals surface area (Å²) in [5.41, 5.74) is -1.57. The quantitative estimate of drug-likeness (QED) is 0.621. The molecule has 0 aliphatic heterocycles. The first-order valence-electron chi connectivity index (χ1n) is 4.57. The van der Waals surface area contributed by atoms with Crippen LogP contribution in [0.4, 0.5) is 5.95 Å². The SMILES string of the molecule is O=C(Nc1ncccn1)c1cc(=O)[nH]c(=O)[nH]1. The summed E-state index contributed by atoms with van der Waals surface area (Å²) in [7, 11) is 0. The minimum Gasteiger partial charge on any atom is -0.303 e. The fraction of sp³-hybridized carbons (Fsp3) is 0. The molecule has 1 amide bonds. The Morgan fingerprint density at radius 3 is 2.53 bits per heavy atom. The predicted molar refractivity (Wildman–Crippen MR) is 57.7 cm³/mol. The van der Waals surface area contributed by atoms with E-state index >= 15 is 0 Å². The van der Waals surface area contributed by atoms with Crippen LogP contribution in [0.15, 0.2) is 34.1 Å². The third-order valence-electron chi connectivity index (χ3n) is 1.80. The number of nitrogens with one attached hydrogen (secondary N) is 3. The topological polar surface area (TPSA) is 121 Å². The molecular formula is C9H7N5O3. The van der Waals surface area contributed by atoms with Crippen molar-refractivity contribution in [3.8, 4) is 0 Å². The monoisotopic (exact) mass is 233 g/mol. The molecule has 0 radical (unpaired) electrons. The highest BCUT2D eigenvalue weighted by Gasteiger charge is 2.09. The smallest absolute Gasteiger partial charge is 0.303 e. The van der Waals surface area contributed by atoms with Crippen LogP contribution >= 0.6 is 0 Å². The van der Waals surface area contributed by atoms with Gasteiger partial charge in [0, 0.05) is 18.5 Å². The van der Waals surface area contributed by atoms with E-state index in [-0.39, 0.29) is 11.6 Å². The molecule has 3 N–H and O–H groups in total. The summed E-state index contributed by atoms with van der Waals surface area (Å²) in [6.45, 7) is 0. The Balaban J connectivity index is 2.26. The molecule has 0 unspecified atom stereocenters. The Hall–Kier alpha value is -2.77. The maximum Gasteiger partial charge on any atom is 0.326 e. The number of H-pyrrole nitrogens is 2. The van der Waals surface area contributed by atoms with Crippen LogP contribution in [0, 0.1) is 0 Å². The van der Waals surface area contributed by atoms with Crippen LogP contribution < -0.4 is 16.6 Å². The lowest BCUT2D eigenvalue weighted by molar-refractivity contribution is 0.102. The first kappa shape index (κ1) is 10.7. The zero-order chi connectivity index (χ0) is 12.3. The van der Waals surface area contributed by atoms with Crippen LogP contribution in [0.1, 0.15) is 10.5 Å². The van der Waals surface area contributed by atoms with E-state index in [2.05, 4.69) is 20.3 Å². The van der Waals surface area contributed by atoms with E-state index in [1.165, 1.54) is 12.4 Å². The number of hydrogen-bond acceptors (Lipinski definition) is 5. The van der Waals surface area contributed by atoms with E-state index in [4.69, 9.17) is 0 Å². The molecule has 0 atom stereocenters. The van der Waals surface area contributed by atoms with Crippen molar-refractivity contribution in [3.05, 3.63) is 51.1 Å². The molecule has 0 bridgehead atoms. The van der Waals surface area contributed by atoms with Crippen LogP contribution in [0.3, 0.4) is 0 Å². The second-order valence-corrected chi connectivity index (χ2v) is 3.03. The van der Waals surface area contributed by atoms with Gasteiger partial charge in [0.05, 0.1) is 0 Å². The second kappa shape index (κ2) is 4.39. The molecule has 17 heavy (non-hydrogen) atoms. The van der Waals surface area contributed by atoms with E-state index < -0.39 is 17.2 Å². The normalized spacial score (nSPS) is 9.88. The number of carbonyl (C=O) groups is 1. The Morgan fingerprint density at radius 2 is 1.88 bits per heavy atom. The van der Waals surface area contributed by atoms with E-state index in [0.717, 1.165) is 6.07 Å². The summed E-state index contributed by atoms with van der Waals surface area (Å²) in [5, 5.41) is 2.33. The highest BCUT2D eigenvalue weighted by Crippen LogP contribution is 1.97. The van der Waals surface area contributed by atoms with Crippen molar-refractivity contribution >= 4 is 11.9 Å². The van der Waals surface area contributed by atoms with Gasteiger partial charge in [0.15, 0.2) is 0 Å². The van der Waals surface area contributed by atoms with E-state index in [1.807, 2.05) is 4.98 Å². The van der Waals surface area contributed by atoms with Gasteiger partial charge in [-0.1, -0.05) is 0 Å². The number of hydrogen-bond donors (Lipinski definition) is 3. The van der Waals surface area contributed by atoms with Crippen LogP contribution in [-0.4, -0.2) is 25.8 Å². The Kier molecular flexibility index (Phi) is 2.77. The van der Waals surface area contributed by atoms with Gasteiger partial charge in [-0.25, -0.2) is 14.8 Å². The Labute approximate surface area is 93.8 Å². The molecule has 8 heteroatoms. The van der Waals surface area contributed by atoms with Gasteiger partial charge in [0.2, 0.25) is 5.95 Å². The molecule has 0 saturated heterocycles. The Morgan fingerprint density at radius 1 is 1.18 bits per heavy atom. The number of aromatic nitrogens is 4. The number of carbonyl (C=O) groups excluding carboxylic acids is 1. The third-order valence-corrected chi connectivity index (χ3v) is 1.80. The highest BCUT2D eigenvalue weighted by molar-refractivity contribution is 6.01. The summed E-state index contributed by atoms with van der Waals surface area (Å²) in [6, 6.07) is 2.56. The van der Waals surface area contributed by atoms with Crippen LogP contribution in [0.5, 0.6) is 0 Å². The summed E-state index contributed by atoms with van der Waals surface area (Å²) >= 11 is 0. The summed E-state index contributed by atoms with van der Waals surface area (Å²) < 4.78 is 0. The first-order valence-corrected chi connectivity index (χ1v) is 4.57. The van der Waals surface area contributed by atoms with Crippen molar-refractivity contribution in [2.45, 2.75) is 0 Å². The van der Waals surface area contributed by atoms with Crippen LogP contribution in [-0.2, 0) is 0 Å².